The zero-order valence-corrected chi connectivity index (χ0v) is 13.8. The highest BCUT2D eigenvalue weighted by molar-refractivity contribution is 5.94. The Morgan fingerprint density at radius 2 is 1.83 bits per heavy atom. The first kappa shape index (κ1) is 15.6. The molecular weight excluding hydrogens is 286 g/mol. The first-order valence-corrected chi connectivity index (χ1v) is 8.28. The van der Waals surface area contributed by atoms with Crippen molar-refractivity contribution in [2.24, 2.45) is 0 Å². The average molecular weight is 309 g/mol. The molecule has 2 aromatic rings. The fourth-order valence-electron chi connectivity index (χ4n) is 2.98. The van der Waals surface area contributed by atoms with E-state index >= 15 is 0 Å². The van der Waals surface area contributed by atoms with Gasteiger partial charge in [0.2, 0.25) is 0 Å². The number of anilines is 1. The molecule has 0 aliphatic heterocycles. The van der Waals surface area contributed by atoms with E-state index in [-0.39, 0.29) is 5.91 Å². The fraction of sp³-hybridized carbons (Fsp3) is 0.350. The van der Waals surface area contributed by atoms with Gasteiger partial charge in [-0.25, -0.2) is 0 Å². The van der Waals surface area contributed by atoms with E-state index in [1.807, 2.05) is 43.3 Å². The zero-order valence-electron chi connectivity index (χ0n) is 13.8. The number of benzene rings is 2. The second-order valence-corrected chi connectivity index (χ2v) is 6.22. The monoisotopic (exact) mass is 309 g/mol. The molecule has 0 bridgehead atoms. The minimum Gasteiger partial charge on any atom is -0.481 e. The van der Waals surface area contributed by atoms with Gasteiger partial charge >= 0.3 is 0 Å². The van der Waals surface area contributed by atoms with E-state index in [9.17, 15) is 4.79 Å². The van der Waals surface area contributed by atoms with Crippen LogP contribution in [0.2, 0.25) is 0 Å². The summed E-state index contributed by atoms with van der Waals surface area (Å²) in [5.74, 6) is 0.732. The van der Waals surface area contributed by atoms with Crippen molar-refractivity contribution in [2.75, 3.05) is 5.32 Å². The Labute approximate surface area is 137 Å². The number of carbonyl (C=O) groups is 1. The van der Waals surface area contributed by atoms with Crippen molar-refractivity contribution >= 4 is 11.6 Å². The number of hydrogen-bond donors (Lipinski definition) is 1. The molecule has 0 spiro atoms. The van der Waals surface area contributed by atoms with E-state index in [0.29, 0.717) is 0 Å². The molecule has 1 amide bonds. The van der Waals surface area contributed by atoms with Gasteiger partial charge in [0.15, 0.2) is 6.10 Å². The van der Waals surface area contributed by atoms with Crippen LogP contribution >= 0.6 is 0 Å². The summed E-state index contributed by atoms with van der Waals surface area (Å²) < 4.78 is 5.96. The second kappa shape index (κ2) is 6.86. The smallest absolute Gasteiger partial charge is 0.265 e. The van der Waals surface area contributed by atoms with Gasteiger partial charge in [0.1, 0.15) is 5.75 Å². The summed E-state index contributed by atoms with van der Waals surface area (Å²) in [7, 11) is 0. The van der Waals surface area contributed by atoms with Crippen LogP contribution in [0.25, 0.3) is 0 Å². The third-order valence-electron chi connectivity index (χ3n) is 4.35. The SMILES string of the molecule is Cc1ccc(NC(=O)[C@@H](C)Oc2cccc3c2CCCC3)cc1. The van der Waals surface area contributed by atoms with Gasteiger partial charge in [-0.05, 0) is 68.9 Å². The van der Waals surface area contributed by atoms with E-state index in [4.69, 9.17) is 4.74 Å². The number of rotatable bonds is 4. The topological polar surface area (TPSA) is 38.3 Å². The lowest BCUT2D eigenvalue weighted by molar-refractivity contribution is -0.122. The number of amides is 1. The van der Waals surface area contributed by atoms with Crippen molar-refractivity contribution in [2.45, 2.75) is 45.6 Å². The fourth-order valence-corrected chi connectivity index (χ4v) is 2.98. The van der Waals surface area contributed by atoms with Gasteiger partial charge in [-0.15, -0.1) is 0 Å². The van der Waals surface area contributed by atoms with Crippen LogP contribution in [0.5, 0.6) is 5.75 Å². The van der Waals surface area contributed by atoms with Gasteiger partial charge in [0, 0.05) is 5.69 Å². The molecule has 0 saturated carbocycles. The zero-order chi connectivity index (χ0) is 16.2. The lowest BCUT2D eigenvalue weighted by Crippen LogP contribution is -2.30. The maximum Gasteiger partial charge on any atom is 0.265 e. The molecule has 0 unspecified atom stereocenters. The normalized spacial score (nSPS) is 14.7. The first-order valence-electron chi connectivity index (χ1n) is 8.28. The number of hydrogen-bond acceptors (Lipinski definition) is 2. The molecule has 1 atom stereocenters. The van der Waals surface area contributed by atoms with Crippen LogP contribution in [-0.2, 0) is 17.6 Å². The highest BCUT2D eigenvalue weighted by atomic mass is 16.5. The van der Waals surface area contributed by atoms with Crippen LogP contribution in [0.15, 0.2) is 42.5 Å². The van der Waals surface area contributed by atoms with Gasteiger partial charge in [0.25, 0.3) is 5.91 Å². The van der Waals surface area contributed by atoms with Crippen molar-refractivity contribution in [3.05, 3.63) is 59.2 Å². The van der Waals surface area contributed by atoms with Crippen LogP contribution in [0.3, 0.4) is 0 Å². The van der Waals surface area contributed by atoms with E-state index in [1.165, 1.54) is 29.5 Å². The Kier molecular flexibility index (Phi) is 4.65. The molecule has 0 fully saturated rings. The molecular formula is C20H23NO2. The molecule has 0 heterocycles. The number of nitrogens with one attached hydrogen (secondary N) is 1. The molecule has 3 rings (SSSR count). The maximum absolute atomic E-state index is 12.3. The number of aryl methyl sites for hydroxylation is 2. The third kappa shape index (κ3) is 3.73. The van der Waals surface area contributed by atoms with Crippen LogP contribution in [0.1, 0.15) is 36.5 Å². The van der Waals surface area contributed by atoms with Gasteiger partial charge in [-0.2, -0.15) is 0 Å². The van der Waals surface area contributed by atoms with Gasteiger partial charge in [-0.3, -0.25) is 4.79 Å². The minimum absolute atomic E-state index is 0.123. The minimum atomic E-state index is -0.523. The summed E-state index contributed by atoms with van der Waals surface area (Å²) in [4.78, 5) is 12.3. The predicted molar refractivity (Wildman–Crippen MR) is 93.0 cm³/mol. The quantitative estimate of drug-likeness (QED) is 0.915. The van der Waals surface area contributed by atoms with Crippen molar-refractivity contribution in [3.63, 3.8) is 0 Å². The molecule has 1 aliphatic rings. The van der Waals surface area contributed by atoms with Crippen molar-refractivity contribution in [1.29, 1.82) is 0 Å². The predicted octanol–water partition coefficient (Wildman–Crippen LogP) is 4.28. The molecule has 0 saturated heterocycles. The second-order valence-electron chi connectivity index (χ2n) is 6.22. The average Bonchev–Trinajstić information content (AvgIpc) is 2.57. The Morgan fingerprint density at radius 1 is 1.09 bits per heavy atom. The summed E-state index contributed by atoms with van der Waals surface area (Å²) >= 11 is 0. The molecule has 23 heavy (non-hydrogen) atoms. The molecule has 3 nitrogen and oxygen atoms in total. The van der Waals surface area contributed by atoms with Crippen molar-refractivity contribution in [1.82, 2.24) is 0 Å². The first-order chi connectivity index (χ1) is 11.1. The highest BCUT2D eigenvalue weighted by Gasteiger charge is 2.19. The molecule has 3 heteroatoms. The highest BCUT2D eigenvalue weighted by Crippen LogP contribution is 2.30. The van der Waals surface area contributed by atoms with E-state index in [0.717, 1.165) is 24.3 Å². The molecule has 0 radical (unpaired) electrons. The molecule has 1 aliphatic carbocycles. The number of fused-ring (bicyclic) bond motifs is 1. The van der Waals surface area contributed by atoms with E-state index < -0.39 is 6.10 Å². The Morgan fingerprint density at radius 3 is 2.61 bits per heavy atom. The van der Waals surface area contributed by atoms with Crippen LogP contribution in [-0.4, -0.2) is 12.0 Å². The van der Waals surface area contributed by atoms with Gasteiger partial charge in [-0.1, -0.05) is 29.8 Å². The third-order valence-corrected chi connectivity index (χ3v) is 4.35. The summed E-state index contributed by atoms with van der Waals surface area (Å²) in [6.07, 6.45) is 4.05. The maximum atomic E-state index is 12.3. The number of carbonyl (C=O) groups excluding carboxylic acids is 1. The van der Waals surface area contributed by atoms with Crippen molar-refractivity contribution < 1.29 is 9.53 Å². The van der Waals surface area contributed by atoms with E-state index in [2.05, 4.69) is 11.4 Å². The molecule has 1 N–H and O–H groups in total. The van der Waals surface area contributed by atoms with Crippen molar-refractivity contribution in [3.8, 4) is 5.75 Å². The standard InChI is InChI=1S/C20H23NO2/c1-14-10-12-17(13-11-14)21-20(22)15(2)23-19-9-5-7-16-6-3-4-8-18(16)19/h5,7,9-13,15H,3-4,6,8H2,1-2H3,(H,21,22)/t15-/m1/s1. The summed E-state index contributed by atoms with van der Waals surface area (Å²) in [5, 5.41) is 2.91. The summed E-state index contributed by atoms with van der Waals surface area (Å²) in [6.45, 7) is 3.82. The number of ether oxygens (including phenoxy) is 1. The summed E-state index contributed by atoms with van der Waals surface area (Å²) in [6, 6.07) is 13.9. The molecule has 2 aromatic carbocycles. The Balaban J connectivity index is 1.68. The van der Waals surface area contributed by atoms with Gasteiger partial charge in [0.05, 0.1) is 0 Å². The molecule has 120 valence electrons. The summed E-state index contributed by atoms with van der Waals surface area (Å²) in [5.41, 5.74) is 4.60. The Bertz CT molecular complexity index is 691. The van der Waals surface area contributed by atoms with E-state index in [1.54, 1.807) is 6.92 Å². The lowest BCUT2D eigenvalue weighted by atomic mass is 9.91. The van der Waals surface area contributed by atoms with Crippen LogP contribution < -0.4 is 10.1 Å². The molecule has 0 aromatic heterocycles. The Hall–Kier alpha value is -2.29. The van der Waals surface area contributed by atoms with Crippen LogP contribution in [0.4, 0.5) is 5.69 Å². The van der Waals surface area contributed by atoms with Gasteiger partial charge < -0.3 is 10.1 Å². The largest absolute Gasteiger partial charge is 0.481 e. The van der Waals surface area contributed by atoms with Crippen LogP contribution in [0, 0.1) is 6.92 Å². The lowest BCUT2D eigenvalue weighted by Gasteiger charge is -2.22.